The van der Waals surface area contributed by atoms with Gasteiger partial charge in [0.1, 0.15) is 0 Å². The molecule has 0 radical (unpaired) electrons. The molecule has 17 heavy (non-hydrogen) atoms. The summed E-state index contributed by atoms with van der Waals surface area (Å²) in [6.07, 6.45) is 6.55. The summed E-state index contributed by atoms with van der Waals surface area (Å²) in [4.78, 5) is 14.0. The number of aromatic nitrogens is 3. The van der Waals surface area contributed by atoms with Gasteiger partial charge in [0.15, 0.2) is 0 Å². The maximum absolute atomic E-state index is 11.4. The summed E-state index contributed by atoms with van der Waals surface area (Å²) in [7, 11) is 0. The minimum Gasteiger partial charge on any atom is -0.351 e. The number of carbonyl (C=O) groups excluding carboxylic acids is 1. The van der Waals surface area contributed by atoms with Crippen LogP contribution in [0.4, 0.5) is 0 Å². The van der Waals surface area contributed by atoms with Crippen molar-refractivity contribution < 1.29 is 4.79 Å². The number of carbonyl (C=O) groups is 1. The molecule has 2 aromatic heterocycles. The van der Waals surface area contributed by atoms with Crippen LogP contribution in [-0.4, -0.2) is 27.4 Å². The molecule has 0 aliphatic carbocycles. The Labute approximate surface area is 103 Å². The first-order chi connectivity index (χ1) is 8.34. The topological polar surface area (TPSA) is 59.8 Å². The average Bonchev–Trinajstić information content (AvgIpc) is 2.99. The van der Waals surface area contributed by atoms with Crippen LogP contribution >= 0.6 is 11.3 Å². The molecule has 1 amide bonds. The third-order valence-corrected chi connectivity index (χ3v) is 2.86. The molecule has 0 spiro atoms. The second-order valence-corrected chi connectivity index (χ2v) is 4.24. The molecule has 2 aromatic rings. The van der Waals surface area contributed by atoms with E-state index >= 15 is 0 Å². The van der Waals surface area contributed by atoms with Crippen LogP contribution in [0.15, 0.2) is 36.0 Å². The highest BCUT2D eigenvalue weighted by Gasteiger charge is 1.96. The average molecular weight is 248 g/mol. The standard InChI is InChI=1S/C11H12N4OS/c16-11(4-3-10-2-1-9-17-10)12-7-8-15-13-5-6-14-15/h1-6,9H,7-8H2,(H,12,16)/b4-3+. The van der Waals surface area contributed by atoms with E-state index in [0.717, 1.165) is 4.88 Å². The third kappa shape index (κ3) is 3.84. The van der Waals surface area contributed by atoms with E-state index in [4.69, 9.17) is 0 Å². The quantitative estimate of drug-likeness (QED) is 0.808. The van der Waals surface area contributed by atoms with E-state index in [1.54, 1.807) is 29.8 Å². The lowest BCUT2D eigenvalue weighted by Gasteiger charge is -2.00. The monoisotopic (exact) mass is 248 g/mol. The minimum atomic E-state index is -0.106. The van der Waals surface area contributed by atoms with E-state index in [0.29, 0.717) is 13.1 Å². The molecule has 2 heterocycles. The Balaban J connectivity index is 1.71. The first-order valence-electron chi connectivity index (χ1n) is 5.18. The van der Waals surface area contributed by atoms with Crippen molar-refractivity contribution >= 4 is 23.3 Å². The molecule has 6 heteroatoms. The Morgan fingerprint density at radius 3 is 3.00 bits per heavy atom. The summed E-state index contributed by atoms with van der Waals surface area (Å²) < 4.78 is 0. The summed E-state index contributed by atoms with van der Waals surface area (Å²) in [5.74, 6) is -0.106. The molecule has 0 aliphatic rings. The lowest BCUT2D eigenvalue weighted by molar-refractivity contribution is -0.116. The molecule has 0 unspecified atom stereocenters. The van der Waals surface area contributed by atoms with Crippen LogP contribution in [0.25, 0.3) is 6.08 Å². The third-order valence-electron chi connectivity index (χ3n) is 2.02. The number of hydrogen-bond donors (Lipinski definition) is 1. The molecule has 0 atom stereocenters. The highest BCUT2D eigenvalue weighted by Crippen LogP contribution is 2.09. The highest BCUT2D eigenvalue weighted by molar-refractivity contribution is 7.10. The normalized spacial score (nSPS) is 10.8. The molecular formula is C11H12N4OS. The van der Waals surface area contributed by atoms with Crippen molar-refractivity contribution in [2.24, 2.45) is 0 Å². The molecule has 88 valence electrons. The van der Waals surface area contributed by atoms with Crippen molar-refractivity contribution in [1.82, 2.24) is 20.3 Å². The van der Waals surface area contributed by atoms with Gasteiger partial charge in [0, 0.05) is 17.5 Å². The van der Waals surface area contributed by atoms with Crippen molar-refractivity contribution in [3.8, 4) is 0 Å². The van der Waals surface area contributed by atoms with Crippen LogP contribution < -0.4 is 5.32 Å². The van der Waals surface area contributed by atoms with E-state index in [-0.39, 0.29) is 5.91 Å². The maximum atomic E-state index is 11.4. The van der Waals surface area contributed by atoms with Gasteiger partial charge in [0.2, 0.25) is 5.91 Å². The first-order valence-corrected chi connectivity index (χ1v) is 6.06. The number of thiophene rings is 1. The van der Waals surface area contributed by atoms with Gasteiger partial charge in [-0.05, 0) is 17.5 Å². The van der Waals surface area contributed by atoms with E-state index in [2.05, 4.69) is 15.5 Å². The Morgan fingerprint density at radius 2 is 2.29 bits per heavy atom. The van der Waals surface area contributed by atoms with Crippen molar-refractivity contribution in [1.29, 1.82) is 0 Å². The van der Waals surface area contributed by atoms with Gasteiger partial charge in [0.05, 0.1) is 18.9 Å². The number of amides is 1. The largest absolute Gasteiger partial charge is 0.351 e. The molecule has 0 aromatic carbocycles. The fourth-order valence-corrected chi connectivity index (χ4v) is 1.86. The first kappa shape index (κ1) is 11.5. The van der Waals surface area contributed by atoms with Crippen molar-refractivity contribution in [2.75, 3.05) is 6.54 Å². The summed E-state index contributed by atoms with van der Waals surface area (Å²) in [5.41, 5.74) is 0. The SMILES string of the molecule is O=C(/C=C/c1cccs1)NCCn1nccn1. The van der Waals surface area contributed by atoms with Crippen LogP contribution in [0.2, 0.25) is 0 Å². The van der Waals surface area contributed by atoms with Crippen molar-refractivity contribution in [3.05, 3.63) is 40.9 Å². The van der Waals surface area contributed by atoms with Crippen LogP contribution in [0.1, 0.15) is 4.88 Å². The number of hydrogen-bond acceptors (Lipinski definition) is 4. The fraction of sp³-hybridized carbons (Fsp3) is 0.182. The van der Waals surface area contributed by atoms with Gasteiger partial charge in [-0.15, -0.1) is 11.3 Å². The smallest absolute Gasteiger partial charge is 0.244 e. The molecule has 0 fully saturated rings. The van der Waals surface area contributed by atoms with Gasteiger partial charge in [-0.2, -0.15) is 15.0 Å². The zero-order valence-electron chi connectivity index (χ0n) is 9.11. The maximum Gasteiger partial charge on any atom is 0.244 e. The molecule has 2 rings (SSSR count). The van der Waals surface area contributed by atoms with Crippen molar-refractivity contribution in [3.63, 3.8) is 0 Å². The second-order valence-electron chi connectivity index (χ2n) is 3.26. The van der Waals surface area contributed by atoms with Crippen molar-refractivity contribution in [2.45, 2.75) is 6.54 Å². The zero-order valence-corrected chi connectivity index (χ0v) is 9.93. The Hall–Kier alpha value is -1.95. The lowest BCUT2D eigenvalue weighted by Crippen LogP contribution is -2.26. The van der Waals surface area contributed by atoms with Crippen LogP contribution in [-0.2, 0) is 11.3 Å². The Morgan fingerprint density at radius 1 is 1.47 bits per heavy atom. The van der Waals surface area contributed by atoms with Gasteiger partial charge >= 0.3 is 0 Å². The predicted octanol–water partition coefficient (Wildman–Crippen LogP) is 1.17. The van der Waals surface area contributed by atoms with Gasteiger partial charge in [0.25, 0.3) is 0 Å². The van der Waals surface area contributed by atoms with E-state index < -0.39 is 0 Å². The van der Waals surface area contributed by atoms with Crippen LogP contribution in [0, 0.1) is 0 Å². The zero-order chi connectivity index (χ0) is 11.9. The molecule has 0 saturated carbocycles. The summed E-state index contributed by atoms with van der Waals surface area (Å²) in [5, 5.41) is 12.6. The Kier molecular flexibility index (Phi) is 4.04. The fourth-order valence-electron chi connectivity index (χ4n) is 1.24. The minimum absolute atomic E-state index is 0.106. The molecule has 5 nitrogen and oxygen atoms in total. The highest BCUT2D eigenvalue weighted by atomic mass is 32.1. The summed E-state index contributed by atoms with van der Waals surface area (Å²) >= 11 is 1.60. The molecule has 0 bridgehead atoms. The van der Waals surface area contributed by atoms with Gasteiger partial charge < -0.3 is 5.32 Å². The summed E-state index contributed by atoms with van der Waals surface area (Å²) in [6, 6.07) is 3.91. The molecule has 0 aliphatic heterocycles. The van der Waals surface area contributed by atoms with Crippen LogP contribution in [0.3, 0.4) is 0 Å². The van der Waals surface area contributed by atoms with Gasteiger partial charge in [-0.1, -0.05) is 6.07 Å². The van der Waals surface area contributed by atoms with Crippen LogP contribution in [0.5, 0.6) is 0 Å². The van der Waals surface area contributed by atoms with Gasteiger partial charge in [-0.3, -0.25) is 4.79 Å². The number of nitrogens with one attached hydrogen (secondary N) is 1. The van der Waals surface area contributed by atoms with E-state index in [1.807, 2.05) is 17.5 Å². The Bertz CT molecular complexity index is 476. The second kappa shape index (κ2) is 5.95. The number of nitrogens with zero attached hydrogens (tertiary/aromatic N) is 3. The van der Waals surface area contributed by atoms with E-state index in [1.165, 1.54) is 10.9 Å². The molecular weight excluding hydrogens is 236 g/mol. The number of rotatable bonds is 5. The predicted molar refractivity (Wildman–Crippen MR) is 66.4 cm³/mol. The molecule has 1 N–H and O–H groups in total. The molecule has 0 saturated heterocycles. The lowest BCUT2D eigenvalue weighted by atomic mass is 10.4. The van der Waals surface area contributed by atoms with Gasteiger partial charge in [-0.25, -0.2) is 0 Å². The van der Waals surface area contributed by atoms with E-state index in [9.17, 15) is 4.79 Å². The summed E-state index contributed by atoms with van der Waals surface area (Å²) in [6.45, 7) is 1.09.